The molecule has 19 heavy (non-hydrogen) atoms. The average molecular weight is 288 g/mol. The average Bonchev–Trinajstić information content (AvgIpc) is 2.35. The van der Waals surface area contributed by atoms with E-state index in [1.807, 2.05) is 12.1 Å². The molecule has 4 nitrogen and oxygen atoms in total. The Labute approximate surface area is 119 Å². The van der Waals surface area contributed by atoms with E-state index in [0.717, 1.165) is 5.56 Å². The number of hydrogen-bond acceptors (Lipinski definition) is 4. The van der Waals surface area contributed by atoms with E-state index in [1.54, 1.807) is 6.07 Å². The fourth-order valence-corrected chi connectivity index (χ4v) is 1.84. The van der Waals surface area contributed by atoms with Gasteiger partial charge < -0.3 is 19.9 Å². The predicted molar refractivity (Wildman–Crippen MR) is 76.8 cm³/mol. The number of halogens is 1. The molecule has 1 aromatic carbocycles. The Kier molecular flexibility index (Phi) is 7.16. The van der Waals surface area contributed by atoms with E-state index < -0.39 is 6.10 Å². The van der Waals surface area contributed by atoms with Gasteiger partial charge in [-0.3, -0.25) is 0 Å². The van der Waals surface area contributed by atoms with Crippen LogP contribution in [0.25, 0.3) is 0 Å². The molecule has 0 heterocycles. The summed E-state index contributed by atoms with van der Waals surface area (Å²) < 4.78 is 10.5. The molecule has 0 aromatic heterocycles. The summed E-state index contributed by atoms with van der Waals surface area (Å²) in [5.41, 5.74) is 0.978. The van der Waals surface area contributed by atoms with Crippen molar-refractivity contribution in [1.82, 2.24) is 5.32 Å². The van der Waals surface area contributed by atoms with Gasteiger partial charge in [0.05, 0.1) is 11.6 Å². The van der Waals surface area contributed by atoms with E-state index in [2.05, 4.69) is 19.2 Å². The second-order valence-corrected chi connectivity index (χ2v) is 5.09. The third kappa shape index (κ3) is 5.78. The molecule has 0 bridgehead atoms. The Hall–Kier alpha value is -0.810. The van der Waals surface area contributed by atoms with E-state index in [9.17, 15) is 5.11 Å². The first-order chi connectivity index (χ1) is 9.04. The van der Waals surface area contributed by atoms with Crippen molar-refractivity contribution in [1.29, 1.82) is 0 Å². The standard InChI is InChI=1S/C14H22ClNO3/c1-10(2)16-7-11-5-4-6-13(15)14(11)19-9-12(17)8-18-3/h4-6,10,12,16-17H,7-9H2,1-3H3. The van der Waals surface area contributed by atoms with Crippen molar-refractivity contribution in [2.24, 2.45) is 0 Å². The highest BCUT2D eigenvalue weighted by atomic mass is 35.5. The first-order valence-corrected chi connectivity index (χ1v) is 6.73. The maximum absolute atomic E-state index is 9.60. The molecule has 5 heteroatoms. The van der Waals surface area contributed by atoms with E-state index in [1.165, 1.54) is 7.11 Å². The quantitative estimate of drug-likeness (QED) is 0.770. The summed E-state index contributed by atoms with van der Waals surface area (Å²) in [6.45, 7) is 5.23. The fraction of sp³-hybridized carbons (Fsp3) is 0.571. The minimum Gasteiger partial charge on any atom is -0.489 e. The van der Waals surface area contributed by atoms with Crippen LogP contribution in [0.3, 0.4) is 0 Å². The fourth-order valence-electron chi connectivity index (χ4n) is 1.59. The van der Waals surface area contributed by atoms with Crippen molar-refractivity contribution in [2.75, 3.05) is 20.3 Å². The first kappa shape index (κ1) is 16.2. The highest BCUT2D eigenvalue weighted by molar-refractivity contribution is 6.32. The molecular formula is C14H22ClNO3. The molecule has 0 radical (unpaired) electrons. The Morgan fingerprint density at radius 2 is 2.05 bits per heavy atom. The van der Waals surface area contributed by atoms with Crippen LogP contribution < -0.4 is 10.1 Å². The maximum Gasteiger partial charge on any atom is 0.142 e. The summed E-state index contributed by atoms with van der Waals surface area (Å²) in [7, 11) is 1.54. The number of benzene rings is 1. The highest BCUT2D eigenvalue weighted by Crippen LogP contribution is 2.28. The van der Waals surface area contributed by atoms with Crippen LogP contribution in [-0.2, 0) is 11.3 Å². The van der Waals surface area contributed by atoms with Crippen LogP contribution in [0, 0.1) is 0 Å². The number of hydrogen-bond donors (Lipinski definition) is 2. The molecule has 1 unspecified atom stereocenters. The summed E-state index contributed by atoms with van der Waals surface area (Å²) in [6, 6.07) is 6.00. The molecule has 108 valence electrons. The molecule has 0 spiro atoms. The second kappa shape index (κ2) is 8.38. The number of nitrogens with one attached hydrogen (secondary N) is 1. The Morgan fingerprint density at radius 1 is 1.32 bits per heavy atom. The van der Waals surface area contributed by atoms with Crippen molar-refractivity contribution < 1.29 is 14.6 Å². The van der Waals surface area contributed by atoms with E-state index in [4.69, 9.17) is 21.1 Å². The van der Waals surface area contributed by atoms with Crippen LogP contribution in [0.4, 0.5) is 0 Å². The molecule has 1 atom stereocenters. The lowest BCUT2D eigenvalue weighted by Crippen LogP contribution is -2.25. The van der Waals surface area contributed by atoms with Gasteiger partial charge in [0.1, 0.15) is 18.5 Å². The van der Waals surface area contributed by atoms with Crippen LogP contribution in [0.15, 0.2) is 18.2 Å². The number of aliphatic hydroxyl groups is 1. The molecule has 0 aliphatic carbocycles. The van der Waals surface area contributed by atoms with Gasteiger partial charge in [-0.1, -0.05) is 37.6 Å². The predicted octanol–water partition coefficient (Wildman–Crippen LogP) is 2.22. The van der Waals surface area contributed by atoms with Crippen molar-refractivity contribution in [3.8, 4) is 5.75 Å². The number of aliphatic hydroxyl groups excluding tert-OH is 1. The van der Waals surface area contributed by atoms with Crippen molar-refractivity contribution >= 4 is 11.6 Å². The van der Waals surface area contributed by atoms with E-state index in [0.29, 0.717) is 23.4 Å². The number of rotatable bonds is 8. The Bertz CT molecular complexity index is 385. The minimum absolute atomic E-state index is 0.159. The van der Waals surface area contributed by atoms with Crippen molar-refractivity contribution in [3.63, 3.8) is 0 Å². The Balaban J connectivity index is 2.68. The van der Waals surface area contributed by atoms with Gasteiger partial charge in [-0.25, -0.2) is 0 Å². The van der Waals surface area contributed by atoms with Gasteiger partial charge in [-0.2, -0.15) is 0 Å². The molecule has 0 aliphatic rings. The van der Waals surface area contributed by atoms with E-state index in [-0.39, 0.29) is 13.2 Å². The molecular weight excluding hydrogens is 266 g/mol. The molecule has 0 saturated carbocycles. The van der Waals surface area contributed by atoms with Crippen molar-refractivity contribution in [3.05, 3.63) is 28.8 Å². The van der Waals surface area contributed by atoms with Crippen LogP contribution in [0.5, 0.6) is 5.75 Å². The van der Waals surface area contributed by atoms with Crippen molar-refractivity contribution in [2.45, 2.75) is 32.5 Å². The first-order valence-electron chi connectivity index (χ1n) is 6.35. The van der Waals surface area contributed by atoms with E-state index >= 15 is 0 Å². The van der Waals surface area contributed by atoms with Crippen LogP contribution in [0.1, 0.15) is 19.4 Å². The maximum atomic E-state index is 9.60. The summed E-state index contributed by atoms with van der Waals surface area (Å²) in [5.74, 6) is 0.618. The third-order valence-corrected chi connectivity index (χ3v) is 2.83. The normalized spacial score (nSPS) is 12.7. The minimum atomic E-state index is -0.660. The summed E-state index contributed by atoms with van der Waals surface area (Å²) in [4.78, 5) is 0. The zero-order chi connectivity index (χ0) is 14.3. The lowest BCUT2D eigenvalue weighted by atomic mass is 10.2. The summed E-state index contributed by atoms with van der Waals surface area (Å²) >= 11 is 6.14. The largest absolute Gasteiger partial charge is 0.489 e. The van der Waals surface area contributed by atoms with Crippen LogP contribution in [0.2, 0.25) is 5.02 Å². The molecule has 0 saturated heterocycles. The lowest BCUT2D eigenvalue weighted by molar-refractivity contribution is 0.0323. The zero-order valence-corrected chi connectivity index (χ0v) is 12.4. The summed E-state index contributed by atoms with van der Waals surface area (Å²) in [5, 5.41) is 13.5. The van der Waals surface area contributed by atoms with Gasteiger partial charge in [0.25, 0.3) is 0 Å². The smallest absolute Gasteiger partial charge is 0.142 e. The highest BCUT2D eigenvalue weighted by Gasteiger charge is 2.11. The number of para-hydroxylation sites is 1. The molecule has 0 fully saturated rings. The molecule has 0 amide bonds. The van der Waals surface area contributed by atoms with Gasteiger partial charge in [-0.15, -0.1) is 0 Å². The van der Waals surface area contributed by atoms with Gasteiger partial charge in [0.15, 0.2) is 0 Å². The lowest BCUT2D eigenvalue weighted by Gasteiger charge is -2.17. The number of ether oxygens (including phenoxy) is 2. The molecule has 0 aliphatic heterocycles. The zero-order valence-electron chi connectivity index (χ0n) is 11.6. The second-order valence-electron chi connectivity index (χ2n) is 4.68. The SMILES string of the molecule is COCC(O)COc1c(Cl)cccc1CNC(C)C. The monoisotopic (exact) mass is 287 g/mol. The topological polar surface area (TPSA) is 50.7 Å². The Morgan fingerprint density at radius 3 is 2.68 bits per heavy atom. The van der Waals surface area contributed by atoms with Gasteiger partial charge >= 0.3 is 0 Å². The third-order valence-electron chi connectivity index (χ3n) is 2.53. The van der Waals surface area contributed by atoms with Crippen LogP contribution >= 0.6 is 11.6 Å². The van der Waals surface area contributed by atoms with Gasteiger partial charge in [-0.05, 0) is 6.07 Å². The molecule has 1 aromatic rings. The summed E-state index contributed by atoms with van der Waals surface area (Å²) in [6.07, 6.45) is -0.660. The molecule has 2 N–H and O–H groups in total. The van der Waals surface area contributed by atoms with Crippen LogP contribution in [-0.4, -0.2) is 37.6 Å². The molecule has 1 rings (SSSR count). The van der Waals surface area contributed by atoms with Gasteiger partial charge in [0.2, 0.25) is 0 Å². The number of methoxy groups -OCH3 is 1. The van der Waals surface area contributed by atoms with Gasteiger partial charge in [0, 0.05) is 25.3 Å².